The topological polar surface area (TPSA) is 83.9 Å². The lowest BCUT2D eigenvalue weighted by molar-refractivity contribution is -0.141. The molecule has 144 valence electrons. The lowest BCUT2D eigenvalue weighted by Gasteiger charge is -2.27. The van der Waals surface area contributed by atoms with Gasteiger partial charge in [0.05, 0.1) is 7.11 Å². The maximum atomic E-state index is 12.9. The summed E-state index contributed by atoms with van der Waals surface area (Å²) in [5.41, 5.74) is 1.86. The van der Waals surface area contributed by atoms with E-state index in [0.29, 0.717) is 11.1 Å². The molecule has 0 spiro atoms. The Bertz CT molecular complexity index is 1190. The van der Waals surface area contributed by atoms with Crippen LogP contribution in [0.4, 0.5) is 0 Å². The zero-order valence-electron chi connectivity index (χ0n) is 15.6. The smallest absolute Gasteiger partial charge is 0.323 e. The molecule has 1 N–H and O–H groups in total. The molecule has 0 radical (unpaired) electrons. The van der Waals surface area contributed by atoms with Crippen molar-refractivity contribution in [2.24, 2.45) is 0 Å². The Hall–Kier alpha value is -3.93. The van der Waals surface area contributed by atoms with Gasteiger partial charge in [0.1, 0.15) is 12.3 Å². The summed E-state index contributed by atoms with van der Waals surface area (Å²) in [7, 11) is 1.61. The molecular weight excluding hydrogens is 370 g/mol. The fourth-order valence-corrected chi connectivity index (χ4v) is 3.45. The number of nitrogens with zero attached hydrogens (tertiary/aromatic N) is 1. The van der Waals surface area contributed by atoms with E-state index in [2.05, 4.69) is 0 Å². The summed E-state index contributed by atoms with van der Waals surface area (Å²) in [5.74, 6) is -1.71. The van der Waals surface area contributed by atoms with Gasteiger partial charge in [-0.3, -0.25) is 19.3 Å². The molecule has 0 atom stereocenters. The number of carbonyl (C=O) groups is 3. The largest absolute Gasteiger partial charge is 0.497 e. The van der Waals surface area contributed by atoms with Crippen molar-refractivity contribution in [1.82, 2.24) is 4.90 Å². The molecule has 0 saturated heterocycles. The minimum absolute atomic E-state index is 0.286. The normalized spacial score (nSPS) is 14.9. The average Bonchev–Trinajstić information content (AvgIpc) is 2.73. The van der Waals surface area contributed by atoms with Crippen molar-refractivity contribution in [2.45, 2.75) is 0 Å². The van der Waals surface area contributed by atoms with Crippen LogP contribution in [0.25, 0.3) is 22.4 Å². The fourth-order valence-electron chi connectivity index (χ4n) is 3.45. The second-order valence-electron chi connectivity index (χ2n) is 6.67. The van der Waals surface area contributed by atoms with Crippen molar-refractivity contribution in [3.63, 3.8) is 0 Å². The Balaban J connectivity index is 1.83. The van der Waals surface area contributed by atoms with Crippen LogP contribution in [0.2, 0.25) is 0 Å². The van der Waals surface area contributed by atoms with Crippen molar-refractivity contribution in [2.75, 3.05) is 13.7 Å². The molecule has 1 aliphatic heterocycles. The van der Waals surface area contributed by atoms with Crippen LogP contribution in [-0.2, 0) is 9.59 Å². The van der Waals surface area contributed by atoms with Gasteiger partial charge in [0.25, 0.3) is 11.8 Å². The summed E-state index contributed by atoms with van der Waals surface area (Å²) in [6.07, 6.45) is 1.69. The number of ether oxygens (including phenoxy) is 1. The second-order valence-corrected chi connectivity index (χ2v) is 6.67. The second kappa shape index (κ2) is 7.24. The Morgan fingerprint density at radius 3 is 2.38 bits per heavy atom. The quantitative estimate of drug-likeness (QED) is 0.548. The number of benzene rings is 3. The molecule has 0 unspecified atom stereocenters. The van der Waals surface area contributed by atoms with E-state index in [0.717, 1.165) is 27.0 Å². The van der Waals surface area contributed by atoms with Crippen LogP contribution in [0.5, 0.6) is 5.75 Å². The van der Waals surface area contributed by atoms with Crippen LogP contribution < -0.4 is 4.74 Å². The summed E-state index contributed by atoms with van der Waals surface area (Å²) >= 11 is 0. The number of aliphatic carboxylic acids is 1. The molecule has 0 aliphatic carbocycles. The number of rotatable bonds is 4. The number of amides is 2. The van der Waals surface area contributed by atoms with Crippen LogP contribution in [-0.4, -0.2) is 41.4 Å². The molecule has 0 fully saturated rings. The van der Waals surface area contributed by atoms with E-state index in [1.807, 2.05) is 36.4 Å². The standard InChI is InChI=1S/C23H17NO5/c1-29-17-9-8-15-10-14(6-7-16(15)12-17)11-20-18-4-2-3-5-19(18)22(27)24(23(20)28)13-21(25)26/h2-12H,13H2,1H3,(H,25,26)/b20-11-. The van der Waals surface area contributed by atoms with Gasteiger partial charge in [0, 0.05) is 11.1 Å². The van der Waals surface area contributed by atoms with Crippen molar-refractivity contribution < 1.29 is 24.2 Å². The number of hydrogen-bond donors (Lipinski definition) is 1. The van der Waals surface area contributed by atoms with E-state index < -0.39 is 24.3 Å². The molecule has 3 aromatic rings. The third kappa shape index (κ3) is 3.36. The van der Waals surface area contributed by atoms with Crippen LogP contribution in [0.3, 0.4) is 0 Å². The summed E-state index contributed by atoms with van der Waals surface area (Å²) in [4.78, 5) is 37.5. The fraction of sp³-hybridized carbons (Fsp3) is 0.0870. The van der Waals surface area contributed by atoms with Gasteiger partial charge in [-0.25, -0.2) is 0 Å². The third-order valence-electron chi connectivity index (χ3n) is 4.84. The molecule has 29 heavy (non-hydrogen) atoms. The van der Waals surface area contributed by atoms with Gasteiger partial charge in [0.15, 0.2) is 0 Å². The Morgan fingerprint density at radius 1 is 0.966 bits per heavy atom. The summed E-state index contributed by atoms with van der Waals surface area (Å²) in [6, 6.07) is 18.1. The minimum atomic E-state index is -1.25. The van der Waals surface area contributed by atoms with E-state index >= 15 is 0 Å². The molecule has 6 heteroatoms. The summed E-state index contributed by atoms with van der Waals surface area (Å²) < 4.78 is 5.24. The first-order valence-electron chi connectivity index (χ1n) is 8.95. The number of fused-ring (bicyclic) bond motifs is 2. The maximum Gasteiger partial charge on any atom is 0.323 e. The highest BCUT2D eigenvalue weighted by Crippen LogP contribution is 2.31. The number of hydrogen-bond acceptors (Lipinski definition) is 4. The molecule has 0 saturated carbocycles. The number of carboxylic acid groups (broad SMARTS) is 1. The Morgan fingerprint density at radius 2 is 1.66 bits per heavy atom. The highest BCUT2D eigenvalue weighted by Gasteiger charge is 2.35. The number of carbonyl (C=O) groups excluding carboxylic acids is 2. The van der Waals surface area contributed by atoms with E-state index in [1.165, 1.54) is 0 Å². The first-order chi connectivity index (χ1) is 14.0. The monoisotopic (exact) mass is 387 g/mol. The van der Waals surface area contributed by atoms with Gasteiger partial charge in [-0.15, -0.1) is 0 Å². The molecule has 1 aliphatic rings. The van der Waals surface area contributed by atoms with Gasteiger partial charge in [-0.2, -0.15) is 0 Å². The predicted molar refractivity (Wildman–Crippen MR) is 108 cm³/mol. The lowest BCUT2D eigenvalue weighted by atomic mass is 9.91. The van der Waals surface area contributed by atoms with Crippen LogP contribution in [0, 0.1) is 0 Å². The average molecular weight is 387 g/mol. The SMILES string of the molecule is COc1ccc2cc(/C=C3\C(=O)N(CC(=O)O)C(=O)c4ccccc43)ccc2c1. The third-order valence-corrected chi connectivity index (χ3v) is 4.84. The van der Waals surface area contributed by atoms with E-state index in [-0.39, 0.29) is 5.57 Å². The molecule has 4 rings (SSSR count). The Labute approximate surface area is 166 Å². The zero-order valence-corrected chi connectivity index (χ0v) is 15.6. The molecule has 6 nitrogen and oxygen atoms in total. The molecule has 0 aromatic heterocycles. The Kier molecular flexibility index (Phi) is 4.60. The molecular formula is C23H17NO5. The first-order valence-corrected chi connectivity index (χ1v) is 8.95. The first kappa shape index (κ1) is 18.4. The van der Waals surface area contributed by atoms with Crippen LogP contribution >= 0.6 is 0 Å². The lowest BCUT2D eigenvalue weighted by Crippen LogP contribution is -2.44. The molecule has 3 aromatic carbocycles. The van der Waals surface area contributed by atoms with Gasteiger partial charge in [0.2, 0.25) is 0 Å². The van der Waals surface area contributed by atoms with Gasteiger partial charge in [-0.05, 0) is 52.2 Å². The summed E-state index contributed by atoms with van der Waals surface area (Å²) in [5, 5.41) is 11.1. The number of imide groups is 1. The highest BCUT2D eigenvalue weighted by atomic mass is 16.5. The van der Waals surface area contributed by atoms with Crippen LogP contribution in [0.15, 0.2) is 60.7 Å². The number of methoxy groups -OCH3 is 1. The molecule has 0 bridgehead atoms. The van der Waals surface area contributed by atoms with E-state index in [1.54, 1.807) is 37.5 Å². The van der Waals surface area contributed by atoms with E-state index in [4.69, 9.17) is 9.84 Å². The highest BCUT2D eigenvalue weighted by molar-refractivity contribution is 6.34. The van der Waals surface area contributed by atoms with Gasteiger partial charge >= 0.3 is 5.97 Å². The minimum Gasteiger partial charge on any atom is -0.497 e. The van der Waals surface area contributed by atoms with Gasteiger partial charge < -0.3 is 9.84 Å². The maximum absolute atomic E-state index is 12.9. The van der Waals surface area contributed by atoms with E-state index in [9.17, 15) is 14.4 Å². The van der Waals surface area contributed by atoms with Gasteiger partial charge in [-0.1, -0.05) is 36.4 Å². The number of carboxylic acids is 1. The van der Waals surface area contributed by atoms with Crippen molar-refractivity contribution in [3.8, 4) is 5.75 Å². The van der Waals surface area contributed by atoms with Crippen molar-refractivity contribution >= 4 is 40.2 Å². The molecule has 2 amide bonds. The van der Waals surface area contributed by atoms with Crippen LogP contribution in [0.1, 0.15) is 21.5 Å². The van der Waals surface area contributed by atoms with Crippen molar-refractivity contribution in [1.29, 1.82) is 0 Å². The zero-order chi connectivity index (χ0) is 20.5. The predicted octanol–water partition coefficient (Wildman–Crippen LogP) is 3.46. The van der Waals surface area contributed by atoms with Crippen molar-refractivity contribution in [3.05, 3.63) is 77.4 Å². The molecule has 1 heterocycles. The summed E-state index contributed by atoms with van der Waals surface area (Å²) in [6.45, 7) is -0.680.